The molecule has 4 aromatic heterocycles. The maximum Gasteiger partial charge on any atom is 0.737 e. The van der Waals surface area contributed by atoms with Crippen LogP contribution in [-0.2, 0) is 0 Å². The lowest BCUT2D eigenvalue weighted by atomic mass is 9.84. The Kier molecular flexibility index (Phi) is 15.8. The maximum atomic E-state index is 17.9. The molecule has 17 rings (SSSR count). The molecule has 9 aromatic rings. The number of halogens is 8. The summed E-state index contributed by atoms with van der Waals surface area (Å²) in [5.41, 5.74) is 17.5. The predicted octanol–water partition coefficient (Wildman–Crippen LogP) is 18.7. The molecule has 8 nitrogen and oxygen atoms in total. The van der Waals surface area contributed by atoms with Crippen molar-refractivity contribution in [2.45, 2.75) is 111 Å². The molecule has 542 valence electrons. The molecule has 110 heavy (non-hydrogen) atoms. The third-order valence-electron chi connectivity index (χ3n) is 23.5. The van der Waals surface area contributed by atoms with E-state index in [2.05, 4.69) is 47.4 Å². The Hall–Kier alpha value is -12.2. The van der Waals surface area contributed by atoms with Gasteiger partial charge in [-0.05, 0) is 163 Å². The predicted molar refractivity (Wildman–Crippen MR) is 428 cm³/mol. The van der Waals surface area contributed by atoms with Gasteiger partial charge in [-0.1, -0.05) is 169 Å². The van der Waals surface area contributed by atoms with Gasteiger partial charge in [-0.25, -0.2) is 0 Å². The number of hydrogen-bond donors (Lipinski definition) is 0. The molecule has 0 unspecified atom stereocenters. The zero-order valence-electron chi connectivity index (χ0n) is 63.9. The number of fused-ring (bicyclic) bond motifs is 8. The third kappa shape index (κ3) is 9.83. The van der Waals surface area contributed by atoms with Crippen molar-refractivity contribution in [1.82, 2.24) is 17.9 Å². The summed E-state index contributed by atoms with van der Waals surface area (Å²) in [6.45, 7) is 9.76. The summed E-state index contributed by atoms with van der Waals surface area (Å²) in [4.78, 5) is 0. The monoisotopic (exact) mass is 1460 g/mol. The molecule has 0 fully saturated rings. The Labute approximate surface area is 635 Å². The molecule has 0 radical (unpaired) electrons. The Bertz CT molecular complexity index is 6160. The molecule has 0 atom stereocenters. The summed E-state index contributed by atoms with van der Waals surface area (Å²) in [7, 11) is 0. The summed E-state index contributed by atoms with van der Waals surface area (Å²) in [5.74, 6) is 27.1. The molecule has 20 heteroatoms. The average molecular weight is 1460 g/mol. The van der Waals surface area contributed by atoms with Crippen molar-refractivity contribution in [2.75, 3.05) is 0 Å². The zero-order valence-corrected chi connectivity index (χ0v) is 63.9. The Morgan fingerprint density at radius 2 is 0.582 bits per heavy atom. The van der Waals surface area contributed by atoms with Crippen molar-refractivity contribution in [2.24, 2.45) is 0 Å². The van der Waals surface area contributed by atoms with Crippen molar-refractivity contribution < 1.29 is 52.5 Å². The summed E-state index contributed by atoms with van der Waals surface area (Å²) < 4.78 is 152. The molecule has 0 bridgehead atoms. The summed E-state index contributed by atoms with van der Waals surface area (Å²) >= 11 is 0. The van der Waals surface area contributed by atoms with Crippen molar-refractivity contribution >= 4 is 73.0 Å². The molecular formula is C90H74B4F8N8. The van der Waals surface area contributed by atoms with Gasteiger partial charge in [0.05, 0.1) is 33.4 Å². The highest BCUT2D eigenvalue weighted by Crippen LogP contribution is 2.51. The number of hydrogen-bond acceptors (Lipinski definition) is 0. The van der Waals surface area contributed by atoms with Gasteiger partial charge in [-0.3, -0.25) is 0 Å². The summed E-state index contributed by atoms with van der Waals surface area (Å²) in [6.07, 6.45) is 3.55. The van der Waals surface area contributed by atoms with Crippen molar-refractivity contribution in [3.05, 3.63) is 337 Å². The first-order chi connectivity index (χ1) is 52.3. The first kappa shape index (κ1) is 70.7. The van der Waals surface area contributed by atoms with Gasteiger partial charge in [0.2, 0.25) is 0 Å². The number of allylic oxidation sites excluding steroid dienone is 8. The van der Waals surface area contributed by atoms with Gasteiger partial charge in [-0.15, -0.1) is 0 Å². The van der Waals surface area contributed by atoms with Crippen LogP contribution < -0.4 is 0 Å². The normalized spacial score (nSPS) is 17.9. The Morgan fingerprint density at radius 3 is 0.891 bits per heavy atom. The van der Waals surface area contributed by atoms with Gasteiger partial charge < -0.3 is 70.4 Å². The topological polar surface area (TPSA) is 31.8 Å². The van der Waals surface area contributed by atoms with E-state index < -0.39 is 27.9 Å². The lowest BCUT2D eigenvalue weighted by molar-refractivity contribution is -0.364. The molecule has 8 aliphatic heterocycles. The molecule has 12 heterocycles. The summed E-state index contributed by atoms with van der Waals surface area (Å²) in [6, 6.07) is 44.7. The van der Waals surface area contributed by atoms with Gasteiger partial charge >= 0.3 is 27.9 Å². The fraction of sp³-hybridized carbons (Fsp3) is 0.178. The Morgan fingerprint density at radius 1 is 0.300 bits per heavy atom. The average Bonchev–Trinajstić information content (AvgIpc) is 1.55. The fourth-order valence-electron chi connectivity index (χ4n) is 19.1. The van der Waals surface area contributed by atoms with Gasteiger partial charge in [0.1, 0.15) is 22.8 Å². The first-order valence-electron chi connectivity index (χ1n) is 37.0. The van der Waals surface area contributed by atoms with Crippen LogP contribution in [-0.4, -0.2) is 86.6 Å². The third-order valence-corrected chi connectivity index (χ3v) is 23.5. The summed E-state index contributed by atoms with van der Waals surface area (Å²) in [5, 5.41) is 0. The van der Waals surface area contributed by atoms with E-state index in [4.69, 9.17) is 0 Å². The van der Waals surface area contributed by atoms with E-state index in [1.807, 2.05) is 149 Å². The minimum Gasteiger partial charge on any atom is -0.393 e. The molecule has 8 aliphatic rings. The molecule has 0 saturated heterocycles. The minimum atomic E-state index is -4.51. The van der Waals surface area contributed by atoms with Gasteiger partial charge in [-0.2, -0.15) is 0 Å². The van der Waals surface area contributed by atoms with E-state index in [0.29, 0.717) is 157 Å². The lowest BCUT2D eigenvalue weighted by Gasteiger charge is -2.34. The van der Waals surface area contributed by atoms with E-state index in [9.17, 15) is 0 Å². The standard InChI is InChI=1S/C90H74B4F8N8/c1-51-45-55(5)103-83(51)79(67-29-21-17-22-30-67)87-59(9)75(63(13)107(87)91(103,95)96)41-37-71-49-73(39-43-77-61(11)89-81(69-33-25-19-26-34-69)85-53(3)47-57(7)105(85)93(99,100)109(89)65(77)15)74(40-44-78-62(12)90-82(70-35-27-20-28-36-70)86-54(4)48-58(8)106(86)94(101,102)110(90)66(78)16)50-72(71)38-42-76-60(10)88-80(68-31-23-18-24-32-68)84-52(2)46-56(6)104(84)92(97,98)108(88)64(76)14/h17-36,45-50H,1-16H3. The Balaban J connectivity index is 0.946. The molecule has 0 spiro atoms. The van der Waals surface area contributed by atoms with E-state index in [-0.39, 0.29) is 45.1 Å². The minimum absolute atomic E-state index is 0.203. The van der Waals surface area contributed by atoms with Crippen LogP contribution in [0, 0.1) is 103 Å². The van der Waals surface area contributed by atoms with Crippen LogP contribution in [0.15, 0.2) is 214 Å². The number of benzene rings is 5. The quantitative estimate of drug-likeness (QED) is 0.0956. The van der Waals surface area contributed by atoms with Crippen LogP contribution in [0.5, 0.6) is 0 Å². The number of nitrogens with zero attached hydrogens (tertiary/aromatic N) is 8. The molecule has 0 N–H and O–H groups in total. The van der Waals surface area contributed by atoms with E-state index in [1.54, 1.807) is 120 Å². The number of aromatic nitrogens is 4. The largest absolute Gasteiger partial charge is 0.737 e. The molecular weight excluding hydrogens is 1390 g/mol. The highest BCUT2D eigenvalue weighted by molar-refractivity contribution is 6.60. The molecule has 5 aromatic carbocycles. The van der Waals surface area contributed by atoms with Crippen LogP contribution in [0.4, 0.5) is 34.5 Å². The van der Waals surface area contributed by atoms with Crippen LogP contribution in [0.3, 0.4) is 0 Å². The van der Waals surface area contributed by atoms with E-state index in [1.165, 1.54) is 0 Å². The van der Waals surface area contributed by atoms with Gasteiger partial charge in [0.25, 0.3) is 0 Å². The van der Waals surface area contributed by atoms with Crippen LogP contribution >= 0.6 is 0 Å². The van der Waals surface area contributed by atoms with Crippen LogP contribution in [0.25, 0.3) is 22.3 Å². The first-order valence-corrected chi connectivity index (χ1v) is 37.0. The zero-order chi connectivity index (χ0) is 77.8. The second-order valence-corrected chi connectivity index (χ2v) is 30.2. The van der Waals surface area contributed by atoms with Crippen LogP contribution in [0.1, 0.15) is 179 Å². The van der Waals surface area contributed by atoms with Gasteiger partial charge in [0.15, 0.2) is 22.8 Å². The molecule has 0 saturated carbocycles. The highest BCUT2D eigenvalue weighted by atomic mass is 19.3. The number of rotatable bonds is 4. The van der Waals surface area contributed by atoms with Crippen molar-refractivity contribution in [3.63, 3.8) is 0 Å². The highest BCUT2D eigenvalue weighted by Gasteiger charge is 2.60. The second-order valence-electron chi connectivity index (χ2n) is 30.2. The fourth-order valence-corrected chi connectivity index (χ4v) is 19.1. The second kappa shape index (κ2) is 24.6. The van der Waals surface area contributed by atoms with Gasteiger partial charge in [0, 0.05) is 130 Å². The number of aryl methyl sites for hydroxylation is 4. The van der Waals surface area contributed by atoms with Crippen molar-refractivity contribution in [3.8, 4) is 47.4 Å². The van der Waals surface area contributed by atoms with Crippen LogP contribution in [0.2, 0.25) is 0 Å². The lowest BCUT2D eigenvalue weighted by Crippen LogP contribution is -2.51. The SMILES string of the molecule is CC1=CC(C)=[N+]2C1=C(c1ccccc1)c1c(C)c(C#Cc3cc(C#CC4=C(C)C5=C(c6ccccc6)c6c(C)cc(C)n6[B-](F)(F)[N+]5=C4C)c(C#CC4=C(C)C5=C(c6ccccc6)c6c(C)cc(C)n6[B-](F)(F)[N+]5=C4C)cc3C#Cc3c(C)c4n(c3C)[B-](F)(F)[N+]3=C(C)C=C(C)C3=C4c3ccccc3)c(C)n1[B-]2(F)F. The van der Waals surface area contributed by atoms with Crippen molar-refractivity contribution in [1.29, 1.82) is 0 Å². The van der Waals surface area contributed by atoms with E-state index >= 15 is 34.5 Å². The maximum absolute atomic E-state index is 17.9. The molecule has 0 aliphatic carbocycles. The smallest absolute Gasteiger partial charge is 0.393 e. The molecule has 0 amide bonds. The van der Waals surface area contributed by atoms with E-state index in [0.717, 1.165) is 58.1 Å².